The standard InChI is InChI=1S/C13H24ClNO/c1-4-13(7-5-6-8-13)12(16)15-9-11(14)10(2)3/h10-11H,4-9H2,1-3H3,(H,15,16). The monoisotopic (exact) mass is 245 g/mol. The van der Waals surface area contributed by atoms with Gasteiger partial charge in [0.2, 0.25) is 5.91 Å². The van der Waals surface area contributed by atoms with E-state index in [1.165, 1.54) is 12.8 Å². The smallest absolute Gasteiger partial charge is 0.226 e. The van der Waals surface area contributed by atoms with Crippen LogP contribution in [0.2, 0.25) is 0 Å². The number of hydrogen-bond donors (Lipinski definition) is 1. The Morgan fingerprint density at radius 2 is 1.94 bits per heavy atom. The summed E-state index contributed by atoms with van der Waals surface area (Å²) in [6.45, 7) is 6.87. The first-order valence-electron chi connectivity index (χ1n) is 6.44. The fraction of sp³-hybridized carbons (Fsp3) is 0.923. The topological polar surface area (TPSA) is 29.1 Å². The van der Waals surface area contributed by atoms with Gasteiger partial charge in [-0.1, -0.05) is 33.6 Å². The van der Waals surface area contributed by atoms with Crippen LogP contribution in [0.3, 0.4) is 0 Å². The SMILES string of the molecule is CCC1(C(=O)NCC(Cl)C(C)C)CCCC1. The van der Waals surface area contributed by atoms with Crippen LogP contribution in [0.1, 0.15) is 52.9 Å². The molecule has 16 heavy (non-hydrogen) atoms. The first kappa shape index (κ1) is 13.8. The highest BCUT2D eigenvalue weighted by atomic mass is 35.5. The van der Waals surface area contributed by atoms with Gasteiger partial charge in [-0.25, -0.2) is 0 Å². The van der Waals surface area contributed by atoms with Crippen molar-refractivity contribution in [1.29, 1.82) is 0 Å². The summed E-state index contributed by atoms with van der Waals surface area (Å²) in [7, 11) is 0. The minimum absolute atomic E-state index is 0.0410. The zero-order chi connectivity index (χ0) is 12.2. The Morgan fingerprint density at radius 3 is 2.38 bits per heavy atom. The number of nitrogens with one attached hydrogen (secondary N) is 1. The van der Waals surface area contributed by atoms with Crippen molar-refractivity contribution in [3.8, 4) is 0 Å². The Balaban J connectivity index is 2.45. The van der Waals surface area contributed by atoms with E-state index in [-0.39, 0.29) is 16.7 Å². The van der Waals surface area contributed by atoms with Crippen molar-refractivity contribution in [1.82, 2.24) is 5.32 Å². The van der Waals surface area contributed by atoms with Gasteiger partial charge in [-0.05, 0) is 25.2 Å². The van der Waals surface area contributed by atoms with Crippen molar-refractivity contribution in [3.63, 3.8) is 0 Å². The van der Waals surface area contributed by atoms with Crippen LogP contribution in [0, 0.1) is 11.3 Å². The maximum absolute atomic E-state index is 12.2. The van der Waals surface area contributed by atoms with Gasteiger partial charge in [0.25, 0.3) is 0 Å². The molecule has 1 aliphatic rings. The van der Waals surface area contributed by atoms with Crippen LogP contribution in [0.15, 0.2) is 0 Å². The normalized spacial score (nSPS) is 21.1. The van der Waals surface area contributed by atoms with Crippen molar-refractivity contribution >= 4 is 17.5 Å². The number of amides is 1. The molecule has 0 aromatic rings. The van der Waals surface area contributed by atoms with Crippen LogP contribution in [0.4, 0.5) is 0 Å². The average Bonchev–Trinajstić information content (AvgIpc) is 2.74. The number of carbonyl (C=O) groups is 1. The summed E-state index contributed by atoms with van der Waals surface area (Å²) in [6.07, 6.45) is 5.42. The van der Waals surface area contributed by atoms with E-state index in [1.54, 1.807) is 0 Å². The molecule has 0 radical (unpaired) electrons. The molecular weight excluding hydrogens is 222 g/mol. The van der Waals surface area contributed by atoms with Gasteiger partial charge in [-0.15, -0.1) is 11.6 Å². The fourth-order valence-electron chi connectivity index (χ4n) is 2.41. The summed E-state index contributed by atoms with van der Waals surface area (Å²) >= 11 is 6.14. The van der Waals surface area contributed by atoms with E-state index in [0.717, 1.165) is 19.3 Å². The molecule has 0 bridgehead atoms. The molecule has 1 N–H and O–H groups in total. The molecule has 1 rings (SSSR count). The highest BCUT2D eigenvalue weighted by Crippen LogP contribution is 2.41. The van der Waals surface area contributed by atoms with Crippen LogP contribution in [0.25, 0.3) is 0 Å². The van der Waals surface area contributed by atoms with Crippen LogP contribution in [0.5, 0.6) is 0 Å². The van der Waals surface area contributed by atoms with E-state index in [9.17, 15) is 4.79 Å². The van der Waals surface area contributed by atoms with Gasteiger partial charge in [0.1, 0.15) is 0 Å². The van der Waals surface area contributed by atoms with E-state index in [0.29, 0.717) is 12.5 Å². The van der Waals surface area contributed by atoms with Gasteiger partial charge in [0.15, 0.2) is 0 Å². The number of carbonyl (C=O) groups excluding carboxylic acids is 1. The van der Waals surface area contributed by atoms with Gasteiger partial charge in [0, 0.05) is 12.0 Å². The molecule has 0 aromatic carbocycles. The highest BCUT2D eigenvalue weighted by molar-refractivity contribution is 6.21. The van der Waals surface area contributed by atoms with Gasteiger partial charge < -0.3 is 5.32 Å². The molecule has 0 aliphatic heterocycles. The van der Waals surface area contributed by atoms with E-state index < -0.39 is 0 Å². The predicted octanol–water partition coefficient (Wildman–Crippen LogP) is 3.34. The van der Waals surface area contributed by atoms with E-state index in [4.69, 9.17) is 11.6 Å². The molecule has 1 saturated carbocycles. The van der Waals surface area contributed by atoms with Crippen molar-refractivity contribution in [3.05, 3.63) is 0 Å². The summed E-state index contributed by atoms with van der Waals surface area (Å²) in [5, 5.41) is 3.07. The summed E-state index contributed by atoms with van der Waals surface area (Å²) in [5.41, 5.74) is -0.0897. The van der Waals surface area contributed by atoms with Crippen LogP contribution in [-0.2, 0) is 4.79 Å². The van der Waals surface area contributed by atoms with Gasteiger partial charge in [-0.3, -0.25) is 4.79 Å². The maximum atomic E-state index is 12.2. The Hall–Kier alpha value is -0.240. The van der Waals surface area contributed by atoms with Crippen LogP contribution in [-0.4, -0.2) is 17.8 Å². The molecule has 1 aliphatic carbocycles. The molecule has 94 valence electrons. The number of alkyl halides is 1. The zero-order valence-electron chi connectivity index (χ0n) is 10.7. The second kappa shape index (κ2) is 5.90. The third kappa shape index (κ3) is 3.13. The lowest BCUT2D eigenvalue weighted by Crippen LogP contribution is -2.42. The molecular formula is C13H24ClNO. The molecule has 1 fully saturated rings. The van der Waals surface area contributed by atoms with Gasteiger partial charge in [-0.2, -0.15) is 0 Å². The van der Waals surface area contributed by atoms with Crippen molar-refractivity contribution in [2.45, 2.75) is 58.3 Å². The average molecular weight is 246 g/mol. The minimum Gasteiger partial charge on any atom is -0.354 e. The van der Waals surface area contributed by atoms with E-state index >= 15 is 0 Å². The fourth-order valence-corrected chi connectivity index (χ4v) is 2.48. The first-order chi connectivity index (χ1) is 7.52. The van der Waals surface area contributed by atoms with Gasteiger partial charge in [0.05, 0.1) is 5.38 Å². The second-order valence-corrected chi connectivity index (χ2v) is 5.87. The van der Waals surface area contributed by atoms with Crippen LogP contribution < -0.4 is 5.32 Å². The zero-order valence-corrected chi connectivity index (χ0v) is 11.4. The summed E-state index contributed by atoms with van der Waals surface area (Å²) in [5.74, 6) is 0.627. The molecule has 1 unspecified atom stereocenters. The van der Waals surface area contributed by atoms with Crippen molar-refractivity contribution in [2.75, 3.05) is 6.54 Å². The molecule has 3 heteroatoms. The summed E-state index contributed by atoms with van der Waals surface area (Å²) in [4.78, 5) is 12.2. The van der Waals surface area contributed by atoms with E-state index in [2.05, 4.69) is 26.1 Å². The largest absolute Gasteiger partial charge is 0.354 e. The van der Waals surface area contributed by atoms with E-state index in [1.807, 2.05) is 0 Å². The Bertz CT molecular complexity index is 234. The highest BCUT2D eigenvalue weighted by Gasteiger charge is 2.39. The Labute approximate surface area is 104 Å². The van der Waals surface area contributed by atoms with Crippen LogP contribution >= 0.6 is 11.6 Å². The third-order valence-electron chi connectivity index (χ3n) is 3.90. The first-order valence-corrected chi connectivity index (χ1v) is 6.88. The molecule has 0 spiro atoms. The maximum Gasteiger partial charge on any atom is 0.226 e. The molecule has 0 aromatic heterocycles. The third-order valence-corrected chi connectivity index (χ3v) is 4.56. The molecule has 0 saturated heterocycles. The summed E-state index contributed by atoms with van der Waals surface area (Å²) in [6, 6.07) is 0. The van der Waals surface area contributed by atoms with Crippen molar-refractivity contribution in [2.24, 2.45) is 11.3 Å². The lowest BCUT2D eigenvalue weighted by molar-refractivity contribution is -0.131. The number of hydrogen-bond acceptors (Lipinski definition) is 1. The Kier molecular flexibility index (Phi) is 5.10. The quantitative estimate of drug-likeness (QED) is 0.740. The number of halogens is 1. The molecule has 0 heterocycles. The number of rotatable bonds is 5. The summed E-state index contributed by atoms with van der Waals surface area (Å²) < 4.78 is 0. The molecule has 2 nitrogen and oxygen atoms in total. The molecule has 1 amide bonds. The lowest BCUT2D eigenvalue weighted by atomic mass is 9.82. The van der Waals surface area contributed by atoms with Crippen molar-refractivity contribution < 1.29 is 4.79 Å². The van der Waals surface area contributed by atoms with Gasteiger partial charge >= 0.3 is 0 Å². The molecule has 1 atom stereocenters. The Morgan fingerprint density at radius 1 is 1.38 bits per heavy atom. The second-order valence-electron chi connectivity index (χ2n) is 5.31. The lowest BCUT2D eigenvalue weighted by Gasteiger charge is -2.27. The minimum atomic E-state index is -0.0897. The predicted molar refractivity (Wildman–Crippen MR) is 68.7 cm³/mol.